The summed E-state index contributed by atoms with van der Waals surface area (Å²) in [5.41, 5.74) is -1.08. The Morgan fingerprint density at radius 2 is 1.95 bits per heavy atom. The molecule has 0 aromatic rings. The maximum atomic E-state index is 11.5. The number of rotatable bonds is 10. The SMILES string of the molecule is CNC(CCCCB(O)O)(CNS(C)(C)N)C(=O)O. The third-order valence-electron chi connectivity index (χ3n) is 2.95. The largest absolute Gasteiger partial charge is 0.480 e. The Labute approximate surface area is 116 Å². The number of carboxylic acid groups (broad SMARTS) is 1. The van der Waals surface area contributed by atoms with E-state index in [0.717, 1.165) is 0 Å². The maximum absolute atomic E-state index is 11.5. The van der Waals surface area contributed by atoms with Crippen LogP contribution in [-0.2, 0) is 4.79 Å². The minimum Gasteiger partial charge on any atom is -0.480 e. The van der Waals surface area contributed by atoms with Crippen LogP contribution in [-0.4, -0.2) is 59.9 Å². The number of nitrogens with two attached hydrogens (primary N) is 1. The van der Waals surface area contributed by atoms with E-state index in [1.165, 1.54) is 0 Å². The van der Waals surface area contributed by atoms with Crippen LogP contribution < -0.4 is 15.2 Å². The van der Waals surface area contributed by atoms with Crippen molar-refractivity contribution in [2.45, 2.75) is 31.1 Å². The van der Waals surface area contributed by atoms with Crippen LogP contribution >= 0.6 is 10.4 Å². The van der Waals surface area contributed by atoms with Gasteiger partial charge < -0.3 is 20.5 Å². The summed E-state index contributed by atoms with van der Waals surface area (Å²) < 4.78 is 3.06. The Balaban J connectivity index is 4.47. The summed E-state index contributed by atoms with van der Waals surface area (Å²) in [6, 6.07) is 0. The first kappa shape index (κ1) is 18.7. The quantitative estimate of drug-likeness (QED) is 0.228. The molecule has 0 aliphatic carbocycles. The summed E-state index contributed by atoms with van der Waals surface area (Å²) in [4.78, 5) is 11.5. The maximum Gasteiger partial charge on any atom is 0.451 e. The predicted octanol–water partition coefficient (Wildman–Crippen LogP) is -0.885. The van der Waals surface area contributed by atoms with Gasteiger partial charge >= 0.3 is 13.1 Å². The van der Waals surface area contributed by atoms with E-state index in [9.17, 15) is 9.90 Å². The highest BCUT2D eigenvalue weighted by Crippen LogP contribution is 2.25. The molecule has 1 unspecified atom stereocenters. The molecule has 19 heavy (non-hydrogen) atoms. The van der Waals surface area contributed by atoms with Gasteiger partial charge in [0.15, 0.2) is 0 Å². The molecule has 0 amide bonds. The molecule has 0 fully saturated rings. The van der Waals surface area contributed by atoms with Gasteiger partial charge in [0.25, 0.3) is 0 Å². The molecule has 0 radical (unpaired) electrons. The molecule has 9 heteroatoms. The average Bonchev–Trinajstić information content (AvgIpc) is 2.26. The van der Waals surface area contributed by atoms with Crippen molar-refractivity contribution in [3.8, 4) is 0 Å². The van der Waals surface area contributed by atoms with E-state index in [1.54, 1.807) is 7.05 Å². The number of nitrogens with one attached hydrogen (secondary N) is 2. The second-order valence-electron chi connectivity index (χ2n) is 5.09. The minimum atomic E-state index is -1.48. The van der Waals surface area contributed by atoms with Gasteiger partial charge in [0, 0.05) is 6.54 Å². The number of likely N-dealkylation sites (N-methyl/N-ethyl adjacent to an activating group) is 1. The van der Waals surface area contributed by atoms with E-state index >= 15 is 0 Å². The first-order chi connectivity index (χ1) is 8.63. The van der Waals surface area contributed by atoms with Crippen LogP contribution in [0.15, 0.2) is 0 Å². The fourth-order valence-corrected chi connectivity index (χ4v) is 2.27. The highest BCUT2D eigenvalue weighted by Gasteiger charge is 2.36. The molecule has 7 N–H and O–H groups in total. The lowest BCUT2D eigenvalue weighted by Crippen LogP contribution is -2.57. The highest BCUT2D eigenvalue weighted by atomic mass is 32.3. The fourth-order valence-electron chi connectivity index (χ4n) is 1.65. The van der Waals surface area contributed by atoms with E-state index in [-0.39, 0.29) is 12.9 Å². The van der Waals surface area contributed by atoms with Crippen molar-refractivity contribution in [2.24, 2.45) is 5.14 Å². The van der Waals surface area contributed by atoms with Gasteiger partial charge in [-0.2, -0.15) is 0 Å². The molecule has 0 saturated carbocycles. The van der Waals surface area contributed by atoms with Crippen molar-refractivity contribution >= 4 is 23.5 Å². The van der Waals surface area contributed by atoms with Crippen LogP contribution in [0.4, 0.5) is 0 Å². The first-order valence-electron chi connectivity index (χ1n) is 6.17. The molecule has 0 heterocycles. The Hall–Kier alpha value is -0.315. The molecule has 7 nitrogen and oxygen atoms in total. The summed E-state index contributed by atoms with van der Waals surface area (Å²) >= 11 is 0. The van der Waals surface area contributed by atoms with Gasteiger partial charge in [-0.25, -0.2) is 0 Å². The zero-order valence-corrected chi connectivity index (χ0v) is 12.7. The van der Waals surface area contributed by atoms with Crippen LogP contribution in [0.25, 0.3) is 0 Å². The van der Waals surface area contributed by atoms with E-state index in [0.29, 0.717) is 19.3 Å². The number of carboxylic acids is 1. The lowest BCUT2D eigenvalue weighted by molar-refractivity contribution is -0.144. The van der Waals surface area contributed by atoms with Crippen LogP contribution in [0.3, 0.4) is 0 Å². The Kier molecular flexibility index (Phi) is 7.95. The van der Waals surface area contributed by atoms with E-state index in [1.807, 2.05) is 12.5 Å². The molecule has 0 aliphatic rings. The van der Waals surface area contributed by atoms with Gasteiger partial charge in [-0.3, -0.25) is 14.7 Å². The molecule has 114 valence electrons. The van der Waals surface area contributed by atoms with Crippen LogP contribution in [0.2, 0.25) is 6.32 Å². The summed E-state index contributed by atoms with van der Waals surface area (Å²) in [5, 5.41) is 35.6. The third kappa shape index (κ3) is 7.76. The van der Waals surface area contributed by atoms with E-state index < -0.39 is 29.0 Å². The van der Waals surface area contributed by atoms with Gasteiger partial charge in [0.05, 0.1) is 0 Å². The second kappa shape index (κ2) is 8.08. The van der Waals surface area contributed by atoms with Crippen LogP contribution in [0, 0.1) is 0 Å². The van der Waals surface area contributed by atoms with Crippen LogP contribution in [0.1, 0.15) is 19.3 Å². The van der Waals surface area contributed by atoms with Crippen molar-refractivity contribution in [1.29, 1.82) is 0 Å². The third-order valence-corrected chi connectivity index (χ3v) is 3.84. The lowest BCUT2D eigenvalue weighted by atomic mass is 9.82. The fraction of sp³-hybridized carbons (Fsp3) is 0.900. The van der Waals surface area contributed by atoms with Crippen molar-refractivity contribution in [3.05, 3.63) is 0 Å². The first-order valence-corrected chi connectivity index (χ1v) is 8.68. The standard InChI is InChI=1S/C10H26BN3O4S/c1-13-10(9(15)16,8-14-19(2,3)12)6-4-5-7-11(17)18/h13-14,17-18H,4-8,12H2,1-3H3,(H,15,16). The molecule has 0 bridgehead atoms. The van der Waals surface area contributed by atoms with E-state index in [2.05, 4.69) is 10.0 Å². The van der Waals surface area contributed by atoms with Crippen molar-refractivity contribution in [1.82, 2.24) is 10.0 Å². The number of aliphatic carboxylic acids is 1. The average molecular weight is 295 g/mol. The van der Waals surface area contributed by atoms with Gasteiger partial charge in [-0.1, -0.05) is 12.8 Å². The number of hydrogen-bond donors (Lipinski definition) is 6. The molecule has 1 atom stereocenters. The molecule has 0 aliphatic heterocycles. The smallest absolute Gasteiger partial charge is 0.451 e. The van der Waals surface area contributed by atoms with Gasteiger partial charge in [-0.15, -0.1) is 10.4 Å². The minimum absolute atomic E-state index is 0.235. The molecule has 0 aromatic heterocycles. The molecule has 0 rings (SSSR count). The predicted molar refractivity (Wildman–Crippen MR) is 79.9 cm³/mol. The number of unbranched alkanes of at least 4 members (excludes halogenated alkanes) is 1. The van der Waals surface area contributed by atoms with Crippen molar-refractivity contribution < 1.29 is 19.9 Å². The Morgan fingerprint density at radius 1 is 1.37 bits per heavy atom. The zero-order chi connectivity index (χ0) is 15.1. The zero-order valence-electron chi connectivity index (χ0n) is 11.8. The topological polar surface area (TPSA) is 128 Å². The highest BCUT2D eigenvalue weighted by molar-refractivity contribution is 8.29. The van der Waals surface area contributed by atoms with Gasteiger partial charge in [0.1, 0.15) is 5.54 Å². The van der Waals surface area contributed by atoms with Crippen LogP contribution in [0.5, 0.6) is 0 Å². The summed E-state index contributed by atoms with van der Waals surface area (Å²) in [6.07, 6.45) is 5.49. The molecular formula is C10H26BN3O4S. The Morgan fingerprint density at radius 3 is 2.32 bits per heavy atom. The van der Waals surface area contributed by atoms with Crippen molar-refractivity contribution in [3.63, 3.8) is 0 Å². The Bertz CT molecular complexity index is 288. The van der Waals surface area contributed by atoms with Gasteiger partial charge in [-0.05, 0) is 32.3 Å². The summed E-state index contributed by atoms with van der Waals surface area (Å²) in [5.74, 6) is -0.935. The van der Waals surface area contributed by atoms with Gasteiger partial charge in [0.2, 0.25) is 0 Å². The molecule has 0 saturated heterocycles. The number of carbonyl (C=O) groups is 1. The molecule has 0 aromatic carbocycles. The molecule has 0 spiro atoms. The monoisotopic (exact) mass is 295 g/mol. The van der Waals surface area contributed by atoms with E-state index in [4.69, 9.17) is 15.2 Å². The van der Waals surface area contributed by atoms with Crippen molar-refractivity contribution in [2.75, 3.05) is 26.1 Å². The normalized spacial score (nSPS) is 15.9. The summed E-state index contributed by atoms with van der Waals surface area (Å²) in [7, 11) is -1.21. The lowest BCUT2D eigenvalue weighted by Gasteiger charge is -2.35. The molecular weight excluding hydrogens is 269 g/mol. The summed E-state index contributed by atoms with van der Waals surface area (Å²) in [6.45, 7) is 0.235. The number of hydrogen-bond acceptors (Lipinski definition) is 6. The second-order valence-corrected chi connectivity index (χ2v) is 8.19.